The molecule has 1 aromatic heterocycles. The number of carboxylic acid groups (broad SMARTS) is 1. The minimum Gasteiger partial charge on any atom is -0.487 e. The summed E-state index contributed by atoms with van der Waals surface area (Å²) in [7, 11) is 1.70. The lowest BCUT2D eigenvalue weighted by Crippen LogP contribution is -2.03. The molecule has 100 valence electrons. The molecule has 5 nitrogen and oxygen atoms in total. The fourth-order valence-corrected chi connectivity index (χ4v) is 1.92. The van der Waals surface area contributed by atoms with Crippen LogP contribution in [0.15, 0.2) is 24.3 Å². The van der Waals surface area contributed by atoms with Gasteiger partial charge in [-0.3, -0.25) is 4.68 Å². The van der Waals surface area contributed by atoms with E-state index in [1.165, 1.54) is 10.7 Å². The molecule has 5 heteroatoms. The molecule has 0 unspecified atom stereocenters. The van der Waals surface area contributed by atoms with Crippen molar-refractivity contribution in [2.75, 3.05) is 0 Å². The van der Waals surface area contributed by atoms with Crippen LogP contribution in [0, 0.1) is 13.8 Å². The summed E-state index contributed by atoms with van der Waals surface area (Å²) in [5.74, 6) is -0.260. The van der Waals surface area contributed by atoms with Crippen LogP contribution in [0.25, 0.3) is 0 Å². The van der Waals surface area contributed by atoms with E-state index in [9.17, 15) is 4.79 Å². The number of aromatic carboxylic acids is 1. The maximum Gasteiger partial charge on any atom is 0.356 e. The molecule has 1 aromatic carbocycles. The molecule has 0 aliphatic carbocycles. The zero-order valence-electron chi connectivity index (χ0n) is 11.2. The fourth-order valence-electron chi connectivity index (χ4n) is 1.92. The Kier molecular flexibility index (Phi) is 3.55. The number of carbonyl (C=O) groups is 1. The summed E-state index contributed by atoms with van der Waals surface area (Å²) in [5, 5.41) is 12.8. The Morgan fingerprint density at radius 2 is 1.89 bits per heavy atom. The molecule has 19 heavy (non-hydrogen) atoms. The van der Waals surface area contributed by atoms with Gasteiger partial charge in [0.05, 0.1) is 5.69 Å². The lowest BCUT2D eigenvalue weighted by Gasteiger charge is -2.08. The number of carboxylic acids is 1. The highest BCUT2D eigenvalue weighted by Gasteiger charge is 2.11. The first kappa shape index (κ1) is 13.1. The van der Waals surface area contributed by atoms with Gasteiger partial charge in [-0.25, -0.2) is 4.79 Å². The second kappa shape index (κ2) is 5.14. The van der Waals surface area contributed by atoms with Crippen LogP contribution < -0.4 is 4.74 Å². The minimum absolute atomic E-state index is 0.0292. The predicted octanol–water partition coefficient (Wildman–Crippen LogP) is 2.31. The standard InChI is InChI=1S/C14H16N2O3/c1-9-4-10(2)6-12(5-9)19-8-11-7-13(14(17)18)15-16(11)3/h4-7H,8H2,1-3H3,(H,17,18). The van der Waals surface area contributed by atoms with E-state index in [2.05, 4.69) is 11.2 Å². The van der Waals surface area contributed by atoms with E-state index >= 15 is 0 Å². The van der Waals surface area contributed by atoms with Gasteiger partial charge in [0.25, 0.3) is 0 Å². The van der Waals surface area contributed by atoms with Crippen molar-refractivity contribution in [3.05, 3.63) is 46.8 Å². The molecule has 1 N–H and O–H groups in total. The normalized spacial score (nSPS) is 10.5. The number of benzene rings is 1. The quantitative estimate of drug-likeness (QED) is 0.916. The largest absolute Gasteiger partial charge is 0.487 e. The van der Waals surface area contributed by atoms with E-state index in [1.54, 1.807) is 7.05 Å². The van der Waals surface area contributed by atoms with Crippen LogP contribution in [0.3, 0.4) is 0 Å². The molecule has 1 heterocycles. The second-order valence-corrected chi connectivity index (χ2v) is 4.56. The number of ether oxygens (including phenoxy) is 1. The number of nitrogens with zero attached hydrogens (tertiary/aromatic N) is 2. The maximum absolute atomic E-state index is 10.8. The average molecular weight is 260 g/mol. The highest BCUT2D eigenvalue weighted by molar-refractivity contribution is 5.85. The molecule has 2 aromatic rings. The summed E-state index contributed by atoms with van der Waals surface area (Å²) in [4.78, 5) is 10.8. The van der Waals surface area contributed by atoms with Crippen LogP contribution >= 0.6 is 0 Å². The monoisotopic (exact) mass is 260 g/mol. The van der Waals surface area contributed by atoms with Gasteiger partial charge in [-0.1, -0.05) is 6.07 Å². The predicted molar refractivity (Wildman–Crippen MR) is 70.4 cm³/mol. The van der Waals surface area contributed by atoms with Gasteiger partial charge in [0.15, 0.2) is 5.69 Å². The topological polar surface area (TPSA) is 64.3 Å². The smallest absolute Gasteiger partial charge is 0.356 e. The molecule has 0 fully saturated rings. The molecule has 0 radical (unpaired) electrons. The number of aryl methyl sites for hydroxylation is 3. The van der Waals surface area contributed by atoms with Gasteiger partial charge < -0.3 is 9.84 Å². The van der Waals surface area contributed by atoms with Crippen LogP contribution in [-0.2, 0) is 13.7 Å². The summed E-state index contributed by atoms with van der Waals surface area (Å²) in [6.45, 7) is 4.30. The van der Waals surface area contributed by atoms with Gasteiger partial charge in [-0.15, -0.1) is 0 Å². The molecule has 0 spiro atoms. The summed E-state index contributed by atoms with van der Waals surface area (Å²) >= 11 is 0. The zero-order chi connectivity index (χ0) is 14.0. The highest BCUT2D eigenvalue weighted by Crippen LogP contribution is 2.17. The molecule has 0 aliphatic rings. The van der Waals surface area contributed by atoms with Crippen molar-refractivity contribution in [2.24, 2.45) is 7.05 Å². The van der Waals surface area contributed by atoms with Crippen molar-refractivity contribution in [2.45, 2.75) is 20.5 Å². The molecule has 0 saturated carbocycles. The molecular formula is C14H16N2O3. The Morgan fingerprint density at radius 3 is 2.42 bits per heavy atom. The van der Waals surface area contributed by atoms with Gasteiger partial charge in [-0.05, 0) is 43.2 Å². The Bertz CT molecular complexity index is 597. The van der Waals surface area contributed by atoms with Gasteiger partial charge in [0, 0.05) is 7.05 Å². The Hall–Kier alpha value is -2.30. The lowest BCUT2D eigenvalue weighted by molar-refractivity contribution is 0.0689. The third-order valence-electron chi connectivity index (χ3n) is 2.78. The number of aromatic nitrogens is 2. The molecule has 0 amide bonds. The Morgan fingerprint density at radius 1 is 1.26 bits per heavy atom. The first-order chi connectivity index (χ1) is 8.95. The first-order valence-corrected chi connectivity index (χ1v) is 5.93. The molecule has 0 aliphatic heterocycles. The van der Waals surface area contributed by atoms with Crippen molar-refractivity contribution in [1.82, 2.24) is 9.78 Å². The van der Waals surface area contributed by atoms with Crippen LogP contribution in [0.4, 0.5) is 0 Å². The van der Waals surface area contributed by atoms with Crippen LogP contribution in [-0.4, -0.2) is 20.9 Å². The van der Waals surface area contributed by atoms with Gasteiger partial charge >= 0.3 is 5.97 Å². The minimum atomic E-state index is -1.03. The second-order valence-electron chi connectivity index (χ2n) is 4.56. The Labute approximate surface area is 111 Å². The molecular weight excluding hydrogens is 244 g/mol. The van der Waals surface area contributed by atoms with Crippen LogP contribution in [0.5, 0.6) is 5.75 Å². The van der Waals surface area contributed by atoms with Crippen LogP contribution in [0.1, 0.15) is 27.3 Å². The average Bonchev–Trinajstić information content (AvgIpc) is 2.67. The van der Waals surface area contributed by atoms with Crippen molar-refractivity contribution < 1.29 is 14.6 Å². The van der Waals surface area contributed by atoms with Gasteiger partial charge in [0.2, 0.25) is 0 Å². The number of hydrogen-bond donors (Lipinski definition) is 1. The number of hydrogen-bond acceptors (Lipinski definition) is 3. The highest BCUT2D eigenvalue weighted by atomic mass is 16.5. The van der Waals surface area contributed by atoms with Crippen molar-refractivity contribution in [3.8, 4) is 5.75 Å². The summed E-state index contributed by atoms with van der Waals surface area (Å²) in [5.41, 5.74) is 3.01. The summed E-state index contributed by atoms with van der Waals surface area (Å²) in [6.07, 6.45) is 0. The molecule has 0 atom stereocenters. The lowest BCUT2D eigenvalue weighted by atomic mass is 10.1. The van der Waals surface area contributed by atoms with E-state index < -0.39 is 5.97 Å². The van der Waals surface area contributed by atoms with E-state index in [1.807, 2.05) is 26.0 Å². The van der Waals surface area contributed by atoms with E-state index in [0.29, 0.717) is 6.61 Å². The van der Waals surface area contributed by atoms with Gasteiger partial charge in [0.1, 0.15) is 12.4 Å². The molecule has 0 saturated heterocycles. The van der Waals surface area contributed by atoms with E-state index in [-0.39, 0.29) is 5.69 Å². The molecule has 2 rings (SSSR count). The maximum atomic E-state index is 10.8. The fraction of sp³-hybridized carbons (Fsp3) is 0.286. The van der Waals surface area contributed by atoms with Crippen LogP contribution in [0.2, 0.25) is 0 Å². The Balaban J connectivity index is 2.12. The number of rotatable bonds is 4. The van der Waals surface area contributed by atoms with Crippen molar-refractivity contribution in [3.63, 3.8) is 0 Å². The van der Waals surface area contributed by atoms with E-state index in [0.717, 1.165) is 22.6 Å². The van der Waals surface area contributed by atoms with E-state index in [4.69, 9.17) is 9.84 Å². The summed E-state index contributed by atoms with van der Waals surface area (Å²) in [6, 6.07) is 7.48. The molecule has 0 bridgehead atoms. The van der Waals surface area contributed by atoms with Crippen molar-refractivity contribution in [1.29, 1.82) is 0 Å². The van der Waals surface area contributed by atoms with Gasteiger partial charge in [-0.2, -0.15) is 5.10 Å². The summed E-state index contributed by atoms with van der Waals surface area (Å²) < 4.78 is 7.19. The third-order valence-corrected chi connectivity index (χ3v) is 2.78. The van der Waals surface area contributed by atoms with Crippen molar-refractivity contribution >= 4 is 5.97 Å². The SMILES string of the molecule is Cc1cc(C)cc(OCc2cc(C(=O)O)nn2C)c1. The zero-order valence-corrected chi connectivity index (χ0v) is 11.2. The first-order valence-electron chi connectivity index (χ1n) is 5.93. The third kappa shape index (κ3) is 3.13.